The van der Waals surface area contributed by atoms with Crippen molar-refractivity contribution < 1.29 is 0 Å². The summed E-state index contributed by atoms with van der Waals surface area (Å²) in [7, 11) is 1.89. The molecule has 1 aromatic heterocycles. The van der Waals surface area contributed by atoms with E-state index in [1.54, 1.807) is 0 Å². The molecule has 0 aliphatic rings. The lowest BCUT2D eigenvalue weighted by Gasteiger charge is -2.15. The molecule has 0 unspecified atom stereocenters. The van der Waals surface area contributed by atoms with Crippen molar-refractivity contribution >= 4 is 27.5 Å². The molecular weight excluding hydrogens is 284 g/mol. The van der Waals surface area contributed by atoms with Crippen LogP contribution in [0.5, 0.6) is 0 Å². The van der Waals surface area contributed by atoms with E-state index in [1.807, 2.05) is 78.3 Å². The Bertz CT molecular complexity index is 1100. The second-order valence-corrected chi connectivity index (χ2v) is 5.69. The number of benzene rings is 3. The predicted octanol–water partition coefficient (Wildman–Crippen LogP) is 3.94. The van der Waals surface area contributed by atoms with Gasteiger partial charge in [0.1, 0.15) is 5.82 Å². The molecule has 4 aromatic rings. The molecule has 0 amide bonds. The highest BCUT2D eigenvalue weighted by Gasteiger charge is 2.16. The third-order valence-electron chi connectivity index (χ3n) is 4.41. The number of aromatic nitrogens is 1. The second-order valence-electron chi connectivity index (χ2n) is 5.69. The van der Waals surface area contributed by atoms with Crippen molar-refractivity contribution in [3.05, 3.63) is 77.0 Å². The van der Waals surface area contributed by atoms with E-state index in [0.29, 0.717) is 16.8 Å². The van der Waals surface area contributed by atoms with Crippen molar-refractivity contribution in [1.29, 1.82) is 0 Å². The van der Waals surface area contributed by atoms with Crippen LogP contribution in [0.25, 0.3) is 32.8 Å². The number of hydrogen-bond acceptors (Lipinski definition) is 2. The first-order valence-electron chi connectivity index (χ1n) is 7.54. The summed E-state index contributed by atoms with van der Waals surface area (Å²) in [4.78, 5) is 13.1. The Hall–Kier alpha value is -3.07. The van der Waals surface area contributed by atoms with Gasteiger partial charge in [0, 0.05) is 12.4 Å². The minimum atomic E-state index is -0.0208. The van der Waals surface area contributed by atoms with Crippen LogP contribution in [0, 0.1) is 0 Å². The number of nitrogens with two attached hydrogens (primary N) is 1. The average molecular weight is 300 g/mol. The maximum Gasteiger partial charge on any atom is 0.199 e. The van der Waals surface area contributed by atoms with Crippen molar-refractivity contribution in [3.8, 4) is 11.1 Å². The number of para-hydroxylation sites is 1. The number of aryl methyl sites for hydroxylation is 1. The van der Waals surface area contributed by atoms with E-state index in [0.717, 1.165) is 21.9 Å². The molecule has 1 heterocycles. The molecule has 4 rings (SSSR count). The highest BCUT2D eigenvalue weighted by molar-refractivity contribution is 6.01. The van der Waals surface area contributed by atoms with Gasteiger partial charge < -0.3 is 10.3 Å². The largest absolute Gasteiger partial charge is 0.384 e. The third kappa shape index (κ3) is 1.94. The fourth-order valence-corrected chi connectivity index (χ4v) is 3.21. The van der Waals surface area contributed by atoms with Crippen molar-refractivity contribution in [2.45, 2.75) is 0 Å². The summed E-state index contributed by atoms with van der Waals surface area (Å²) in [5.74, 6) is 0.491. The number of nitrogen functional groups attached to an aromatic ring is 1. The molecule has 3 nitrogen and oxygen atoms in total. The highest BCUT2D eigenvalue weighted by atomic mass is 16.1. The lowest BCUT2D eigenvalue weighted by Crippen LogP contribution is -2.15. The van der Waals surface area contributed by atoms with Gasteiger partial charge in [-0.15, -0.1) is 0 Å². The van der Waals surface area contributed by atoms with E-state index in [4.69, 9.17) is 5.73 Å². The number of rotatable bonds is 1. The van der Waals surface area contributed by atoms with Crippen molar-refractivity contribution in [2.24, 2.45) is 7.05 Å². The van der Waals surface area contributed by atoms with Crippen LogP contribution in [0.3, 0.4) is 0 Å². The fourth-order valence-electron chi connectivity index (χ4n) is 3.21. The van der Waals surface area contributed by atoms with Crippen LogP contribution < -0.4 is 11.2 Å². The van der Waals surface area contributed by atoms with Crippen LogP contribution >= 0.6 is 0 Å². The van der Waals surface area contributed by atoms with Crippen LogP contribution in [0.1, 0.15) is 0 Å². The normalized spacial score (nSPS) is 11.2. The minimum Gasteiger partial charge on any atom is -0.384 e. The second kappa shape index (κ2) is 4.99. The van der Waals surface area contributed by atoms with Crippen LogP contribution in [-0.4, -0.2) is 4.57 Å². The molecule has 0 aliphatic carbocycles. The lowest BCUT2D eigenvalue weighted by molar-refractivity contribution is 0.967. The summed E-state index contributed by atoms with van der Waals surface area (Å²) in [5.41, 5.74) is 8.61. The SMILES string of the molecule is Cn1c(N)c(-c2cccc3ccccc23)c(=O)c2ccccc21. The van der Waals surface area contributed by atoms with E-state index in [1.165, 1.54) is 0 Å². The molecule has 0 atom stereocenters. The van der Waals surface area contributed by atoms with E-state index in [9.17, 15) is 4.79 Å². The fraction of sp³-hybridized carbons (Fsp3) is 0.0500. The zero-order valence-corrected chi connectivity index (χ0v) is 12.8. The molecule has 112 valence electrons. The van der Waals surface area contributed by atoms with E-state index >= 15 is 0 Å². The molecule has 2 N–H and O–H groups in total. The molecule has 0 bridgehead atoms. The van der Waals surface area contributed by atoms with Crippen LogP contribution in [-0.2, 0) is 7.05 Å². The number of pyridine rings is 1. The molecule has 3 aromatic carbocycles. The Morgan fingerprint density at radius 3 is 2.30 bits per heavy atom. The molecule has 0 aliphatic heterocycles. The Morgan fingerprint density at radius 2 is 1.48 bits per heavy atom. The molecule has 0 fully saturated rings. The van der Waals surface area contributed by atoms with Gasteiger partial charge >= 0.3 is 0 Å². The molecule has 3 heteroatoms. The molecular formula is C20H16N2O. The Balaban J connectivity index is 2.20. The van der Waals surface area contributed by atoms with Gasteiger partial charge in [0.25, 0.3) is 0 Å². The number of nitrogens with zero attached hydrogens (tertiary/aromatic N) is 1. The highest BCUT2D eigenvalue weighted by Crippen LogP contribution is 2.31. The van der Waals surface area contributed by atoms with Gasteiger partial charge in [0.2, 0.25) is 0 Å². The van der Waals surface area contributed by atoms with Gasteiger partial charge in [-0.2, -0.15) is 0 Å². The maximum absolute atomic E-state index is 13.1. The summed E-state index contributed by atoms with van der Waals surface area (Å²) < 4.78 is 1.88. The first-order chi connectivity index (χ1) is 11.2. The summed E-state index contributed by atoms with van der Waals surface area (Å²) in [5, 5.41) is 2.82. The zero-order valence-electron chi connectivity index (χ0n) is 12.8. The van der Waals surface area contributed by atoms with E-state index in [2.05, 4.69) is 0 Å². The first-order valence-corrected chi connectivity index (χ1v) is 7.54. The molecule has 0 saturated carbocycles. The van der Waals surface area contributed by atoms with Crippen LogP contribution in [0.2, 0.25) is 0 Å². The minimum absolute atomic E-state index is 0.0208. The van der Waals surface area contributed by atoms with Gasteiger partial charge in [-0.3, -0.25) is 4.79 Å². The first kappa shape index (κ1) is 13.6. The number of anilines is 1. The Kier molecular flexibility index (Phi) is 2.95. The van der Waals surface area contributed by atoms with Crippen molar-refractivity contribution in [2.75, 3.05) is 5.73 Å². The van der Waals surface area contributed by atoms with Gasteiger partial charge in [-0.25, -0.2) is 0 Å². The zero-order chi connectivity index (χ0) is 16.0. The quantitative estimate of drug-likeness (QED) is 0.579. The summed E-state index contributed by atoms with van der Waals surface area (Å²) >= 11 is 0. The molecule has 0 saturated heterocycles. The smallest absolute Gasteiger partial charge is 0.199 e. The standard InChI is InChI=1S/C20H16N2O/c1-22-17-12-5-4-10-16(17)19(23)18(20(22)21)15-11-6-8-13-7-2-3-9-14(13)15/h2-12H,21H2,1H3. The van der Waals surface area contributed by atoms with Gasteiger partial charge in [-0.1, -0.05) is 54.6 Å². The predicted molar refractivity (Wildman–Crippen MR) is 96.5 cm³/mol. The van der Waals surface area contributed by atoms with E-state index < -0.39 is 0 Å². The van der Waals surface area contributed by atoms with Crippen LogP contribution in [0.4, 0.5) is 5.82 Å². The number of fused-ring (bicyclic) bond motifs is 2. The van der Waals surface area contributed by atoms with Gasteiger partial charge in [0.15, 0.2) is 5.43 Å². The topological polar surface area (TPSA) is 48.0 Å². The van der Waals surface area contributed by atoms with Gasteiger partial charge in [-0.05, 0) is 28.5 Å². The molecule has 0 radical (unpaired) electrons. The average Bonchev–Trinajstić information content (AvgIpc) is 2.60. The maximum atomic E-state index is 13.1. The summed E-state index contributed by atoms with van der Waals surface area (Å²) in [6.07, 6.45) is 0. The van der Waals surface area contributed by atoms with E-state index in [-0.39, 0.29) is 5.43 Å². The molecule has 23 heavy (non-hydrogen) atoms. The van der Waals surface area contributed by atoms with Crippen LogP contribution in [0.15, 0.2) is 71.5 Å². The summed E-state index contributed by atoms with van der Waals surface area (Å²) in [6, 6.07) is 21.6. The monoisotopic (exact) mass is 300 g/mol. The van der Waals surface area contributed by atoms with Gasteiger partial charge in [0.05, 0.1) is 11.1 Å². The Labute approximate surface area is 133 Å². The lowest BCUT2D eigenvalue weighted by atomic mass is 9.97. The summed E-state index contributed by atoms with van der Waals surface area (Å²) in [6.45, 7) is 0. The van der Waals surface area contributed by atoms with Crippen molar-refractivity contribution in [3.63, 3.8) is 0 Å². The Morgan fingerprint density at radius 1 is 0.826 bits per heavy atom. The molecule has 0 spiro atoms. The third-order valence-corrected chi connectivity index (χ3v) is 4.41. The van der Waals surface area contributed by atoms with Crippen molar-refractivity contribution in [1.82, 2.24) is 4.57 Å². The number of hydrogen-bond donors (Lipinski definition) is 1.